The van der Waals surface area contributed by atoms with Crippen LogP contribution in [0.4, 0.5) is 13.2 Å². The van der Waals surface area contributed by atoms with Crippen LogP contribution in [-0.4, -0.2) is 52.3 Å². The van der Waals surface area contributed by atoms with Crippen molar-refractivity contribution in [3.05, 3.63) is 29.8 Å². The third kappa shape index (κ3) is 4.21. The third-order valence-corrected chi connectivity index (χ3v) is 4.61. The van der Waals surface area contributed by atoms with E-state index in [1.165, 1.54) is 0 Å². The van der Waals surface area contributed by atoms with Gasteiger partial charge in [0.05, 0.1) is 30.8 Å². The molecule has 0 aromatic heterocycles. The lowest BCUT2D eigenvalue weighted by Crippen LogP contribution is -2.39. The fourth-order valence-electron chi connectivity index (χ4n) is 1.88. The number of alkyl halides is 3. The van der Waals surface area contributed by atoms with Crippen LogP contribution in [0.25, 0.3) is 0 Å². The Bertz CT molecular complexity index is 651. The number of sulfone groups is 1. The molecule has 1 aliphatic heterocycles. The van der Waals surface area contributed by atoms with Gasteiger partial charge in [0, 0.05) is 12.1 Å². The number of ether oxygens (including phenoxy) is 2. The molecule has 1 atom stereocenters. The van der Waals surface area contributed by atoms with Crippen molar-refractivity contribution in [3.63, 3.8) is 0 Å². The van der Waals surface area contributed by atoms with Crippen LogP contribution >= 0.6 is 0 Å². The van der Waals surface area contributed by atoms with E-state index < -0.39 is 26.1 Å². The van der Waals surface area contributed by atoms with Gasteiger partial charge in [0.1, 0.15) is 0 Å². The number of hydrogen-bond acceptors (Lipinski definition) is 5. The normalized spacial score (nSPS) is 19.3. The van der Waals surface area contributed by atoms with Crippen molar-refractivity contribution in [2.45, 2.75) is 16.5 Å². The Hall–Kier alpha value is -1.65. The number of carbonyl (C=O) groups excluding carboxylic acids is 1. The zero-order chi connectivity index (χ0) is 17.1. The minimum Gasteiger partial charge on any atom is -0.376 e. The van der Waals surface area contributed by atoms with Gasteiger partial charge in [0.15, 0.2) is 0 Å². The first-order valence-corrected chi connectivity index (χ1v) is 8.09. The third-order valence-electron chi connectivity index (χ3n) is 3.11. The largest absolute Gasteiger partial charge is 0.501 e. The summed E-state index contributed by atoms with van der Waals surface area (Å²) in [5.41, 5.74) is -5.34. The van der Waals surface area contributed by atoms with Crippen LogP contribution in [0.3, 0.4) is 0 Å². The molecular weight excluding hydrogens is 339 g/mol. The van der Waals surface area contributed by atoms with E-state index in [0.29, 0.717) is 19.8 Å². The predicted octanol–water partition coefficient (Wildman–Crippen LogP) is 1.13. The molecule has 2 rings (SSSR count). The van der Waals surface area contributed by atoms with Gasteiger partial charge in [-0.15, -0.1) is 0 Å². The van der Waals surface area contributed by atoms with E-state index in [1.807, 2.05) is 0 Å². The van der Waals surface area contributed by atoms with E-state index in [4.69, 9.17) is 9.47 Å². The molecule has 0 aliphatic carbocycles. The van der Waals surface area contributed by atoms with E-state index in [-0.39, 0.29) is 18.2 Å². The summed E-state index contributed by atoms with van der Waals surface area (Å²) >= 11 is 0. The maximum absolute atomic E-state index is 12.4. The molecule has 0 bridgehead atoms. The van der Waals surface area contributed by atoms with Gasteiger partial charge in [-0.05, 0) is 24.3 Å². The van der Waals surface area contributed by atoms with E-state index in [2.05, 4.69) is 5.32 Å². The molecule has 1 aromatic carbocycles. The number of amides is 1. The van der Waals surface area contributed by atoms with Gasteiger partial charge in [-0.2, -0.15) is 13.2 Å². The van der Waals surface area contributed by atoms with Crippen LogP contribution in [0.5, 0.6) is 0 Å². The Morgan fingerprint density at radius 1 is 1.22 bits per heavy atom. The number of hydrogen-bond donors (Lipinski definition) is 1. The van der Waals surface area contributed by atoms with Gasteiger partial charge in [-0.25, -0.2) is 8.42 Å². The molecule has 10 heteroatoms. The summed E-state index contributed by atoms with van der Waals surface area (Å²) in [5, 5.41) is 2.54. The van der Waals surface area contributed by atoms with Gasteiger partial charge in [-0.1, -0.05) is 0 Å². The van der Waals surface area contributed by atoms with Crippen molar-refractivity contribution in [3.8, 4) is 0 Å². The molecule has 1 N–H and O–H groups in total. The van der Waals surface area contributed by atoms with Crippen LogP contribution in [0, 0.1) is 0 Å². The first kappa shape index (κ1) is 17.7. The summed E-state index contributed by atoms with van der Waals surface area (Å²) in [6, 6.07) is 3.54. The Balaban J connectivity index is 2.00. The molecule has 0 spiro atoms. The summed E-state index contributed by atoms with van der Waals surface area (Å²) in [5.74, 6) is -0.546. The fraction of sp³-hybridized carbons (Fsp3) is 0.462. The highest BCUT2D eigenvalue weighted by Gasteiger charge is 2.46. The second kappa shape index (κ2) is 6.85. The summed E-state index contributed by atoms with van der Waals surface area (Å²) in [4.78, 5) is 11.0. The van der Waals surface area contributed by atoms with Crippen molar-refractivity contribution in [1.29, 1.82) is 0 Å². The molecule has 1 unspecified atom stereocenters. The Morgan fingerprint density at radius 3 is 2.39 bits per heavy atom. The number of halogens is 3. The Morgan fingerprint density at radius 2 is 1.87 bits per heavy atom. The molecule has 0 radical (unpaired) electrons. The van der Waals surface area contributed by atoms with E-state index >= 15 is 0 Å². The van der Waals surface area contributed by atoms with Gasteiger partial charge in [0.25, 0.3) is 15.7 Å². The molecular formula is C13H14F3NO5S. The minimum absolute atomic E-state index is 0.0443. The minimum atomic E-state index is -5.42. The zero-order valence-electron chi connectivity index (χ0n) is 11.8. The smallest absolute Gasteiger partial charge is 0.376 e. The van der Waals surface area contributed by atoms with Crippen molar-refractivity contribution in [2.24, 2.45) is 0 Å². The van der Waals surface area contributed by atoms with E-state index in [1.54, 1.807) is 0 Å². The number of nitrogens with one attached hydrogen (secondary N) is 1. The molecule has 128 valence electrons. The van der Waals surface area contributed by atoms with Crippen LogP contribution in [-0.2, 0) is 19.3 Å². The molecule has 1 fully saturated rings. The average molecular weight is 353 g/mol. The summed E-state index contributed by atoms with van der Waals surface area (Å²) in [6.45, 7) is 1.43. The molecule has 23 heavy (non-hydrogen) atoms. The SMILES string of the molecule is O=C(NCC1COCCO1)c1ccc(S(=O)(=O)C(F)(F)F)cc1. The summed E-state index contributed by atoms with van der Waals surface area (Å²) in [6.07, 6.45) is -0.294. The molecule has 1 aromatic rings. The first-order valence-electron chi connectivity index (χ1n) is 6.61. The topological polar surface area (TPSA) is 81.7 Å². The standard InChI is InChI=1S/C13H14F3NO5S/c14-13(15,16)23(19,20)11-3-1-9(2-4-11)12(18)17-7-10-8-21-5-6-22-10/h1-4,10H,5-8H2,(H,17,18). The predicted molar refractivity (Wildman–Crippen MR) is 72.6 cm³/mol. The maximum Gasteiger partial charge on any atom is 0.501 e. The zero-order valence-corrected chi connectivity index (χ0v) is 12.6. The summed E-state index contributed by atoms with van der Waals surface area (Å²) in [7, 11) is -5.42. The van der Waals surface area contributed by atoms with E-state index in [9.17, 15) is 26.4 Å². The fourth-order valence-corrected chi connectivity index (χ4v) is 2.64. The highest BCUT2D eigenvalue weighted by molar-refractivity contribution is 7.92. The second-order valence-corrected chi connectivity index (χ2v) is 6.69. The van der Waals surface area contributed by atoms with Gasteiger partial charge < -0.3 is 14.8 Å². The molecule has 1 heterocycles. The quantitative estimate of drug-likeness (QED) is 0.877. The van der Waals surface area contributed by atoms with Crippen LogP contribution in [0.15, 0.2) is 29.2 Å². The summed E-state index contributed by atoms with van der Waals surface area (Å²) < 4.78 is 70.1. The van der Waals surface area contributed by atoms with Gasteiger partial charge >= 0.3 is 5.51 Å². The number of rotatable bonds is 4. The number of benzene rings is 1. The van der Waals surface area contributed by atoms with Crippen LogP contribution in [0.1, 0.15) is 10.4 Å². The number of carbonyl (C=O) groups is 1. The monoisotopic (exact) mass is 353 g/mol. The van der Waals surface area contributed by atoms with Crippen LogP contribution < -0.4 is 5.32 Å². The second-order valence-electron chi connectivity index (χ2n) is 4.75. The van der Waals surface area contributed by atoms with Crippen LogP contribution in [0.2, 0.25) is 0 Å². The molecule has 6 nitrogen and oxygen atoms in total. The highest BCUT2D eigenvalue weighted by atomic mass is 32.2. The Kier molecular flexibility index (Phi) is 5.27. The van der Waals surface area contributed by atoms with Crippen molar-refractivity contribution < 1.29 is 35.9 Å². The highest BCUT2D eigenvalue weighted by Crippen LogP contribution is 2.30. The lowest BCUT2D eigenvalue weighted by Gasteiger charge is -2.23. The van der Waals surface area contributed by atoms with Gasteiger partial charge in [0.2, 0.25) is 0 Å². The lowest BCUT2D eigenvalue weighted by molar-refractivity contribution is -0.0855. The van der Waals surface area contributed by atoms with E-state index in [0.717, 1.165) is 24.3 Å². The Labute approximate surface area is 130 Å². The maximum atomic E-state index is 12.4. The molecule has 1 aliphatic rings. The lowest BCUT2D eigenvalue weighted by atomic mass is 10.2. The molecule has 0 saturated carbocycles. The molecule has 1 amide bonds. The first-order chi connectivity index (χ1) is 10.7. The average Bonchev–Trinajstić information content (AvgIpc) is 2.52. The van der Waals surface area contributed by atoms with Crippen molar-refractivity contribution >= 4 is 15.7 Å². The van der Waals surface area contributed by atoms with Crippen molar-refractivity contribution in [2.75, 3.05) is 26.4 Å². The van der Waals surface area contributed by atoms with Gasteiger partial charge in [-0.3, -0.25) is 4.79 Å². The molecule has 1 saturated heterocycles. The van der Waals surface area contributed by atoms with Crippen molar-refractivity contribution in [1.82, 2.24) is 5.32 Å².